The second-order valence-electron chi connectivity index (χ2n) is 8.37. The number of halogens is 3. The molecular formula is C27H27BrCl2N2O3. The highest BCUT2D eigenvalue weighted by Crippen LogP contribution is 2.24. The molecule has 0 saturated heterocycles. The fourth-order valence-corrected chi connectivity index (χ4v) is 4.26. The number of amides is 2. The maximum Gasteiger partial charge on any atom is 0.261 e. The minimum Gasteiger partial charge on any atom is -0.484 e. The summed E-state index contributed by atoms with van der Waals surface area (Å²) in [6, 6.07) is 21.0. The van der Waals surface area contributed by atoms with Gasteiger partial charge in [-0.3, -0.25) is 9.59 Å². The van der Waals surface area contributed by atoms with Crippen molar-refractivity contribution in [2.24, 2.45) is 0 Å². The third-order valence-electron chi connectivity index (χ3n) is 5.23. The number of benzene rings is 3. The van der Waals surface area contributed by atoms with E-state index in [2.05, 4.69) is 21.2 Å². The van der Waals surface area contributed by atoms with Gasteiger partial charge in [-0.15, -0.1) is 0 Å². The molecule has 1 N–H and O–H groups in total. The molecule has 1 atom stereocenters. The molecule has 35 heavy (non-hydrogen) atoms. The Morgan fingerprint density at radius 1 is 1.00 bits per heavy atom. The van der Waals surface area contributed by atoms with E-state index in [1.807, 2.05) is 56.3 Å². The van der Waals surface area contributed by atoms with E-state index in [0.29, 0.717) is 27.8 Å². The van der Waals surface area contributed by atoms with Crippen LogP contribution in [0.5, 0.6) is 5.75 Å². The second kappa shape index (κ2) is 13.0. The van der Waals surface area contributed by atoms with E-state index in [9.17, 15) is 9.59 Å². The molecule has 3 rings (SSSR count). The number of nitrogens with one attached hydrogen (secondary N) is 1. The number of ether oxygens (including phenoxy) is 1. The number of carbonyl (C=O) groups is 2. The van der Waals surface area contributed by atoms with Gasteiger partial charge in [-0.05, 0) is 61.4 Å². The summed E-state index contributed by atoms with van der Waals surface area (Å²) in [6.07, 6.45) is 0.342. The van der Waals surface area contributed by atoms with Gasteiger partial charge in [0.1, 0.15) is 11.8 Å². The molecule has 3 aromatic carbocycles. The van der Waals surface area contributed by atoms with Crippen LogP contribution in [-0.4, -0.2) is 35.4 Å². The van der Waals surface area contributed by atoms with Gasteiger partial charge in [-0.25, -0.2) is 0 Å². The van der Waals surface area contributed by atoms with Gasteiger partial charge < -0.3 is 15.0 Å². The minimum atomic E-state index is -0.771. The van der Waals surface area contributed by atoms with Crippen molar-refractivity contribution in [3.05, 3.63) is 98.4 Å². The molecule has 0 fully saturated rings. The maximum absolute atomic E-state index is 13.5. The van der Waals surface area contributed by atoms with Gasteiger partial charge in [0.15, 0.2) is 6.61 Å². The van der Waals surface area contributed by atoms with Crippen molar-refractivity contribution < 1.29 is 14.3 Å². The standard InChI is InChI=1S/C27H27BrCl2N2O3/c1-18(2)31-27(34)25(14-19-6-4-3-5-7-19)32(16-20-8-11-22(29)15-24(20)30)26(33)17-35-23-12-9-21(28)10-13-23/h3-13,15,18,25H,14,16-17H2,1-2H3,(H,31,34). The smallest absolute Gasteiger partial charge is 0.261 e. The van der Waals surface area contributed by atoms with Crippen LogP contribution in [0.15, 0.2) is 77.3 Å². The van der Waals surface area contributed by atoms with Crippen LogP contribution in [-0.2, 0) is 22.6 Å². The zero-order valence-corrected chi connectivity index (χ0v) is 22.6. The van der Waals surface area contributed by atoms with Gasteiger partial charge >= 0.3 is 0 Å². The predicted molar refractivity (Wildman–Crippen MR) is 144 cm³/mol. The van der Waals surface area contributed by atoms with E-state index in [1.54, 1.807) is 30.3 Å². The van der Waals surface area contributed by atoms with Crippen molar-refractivity contribution in [2.45, 2.75) is 38.9 Å². The van der Waals surface area contributed by atoms with Crippen molar-refractivity contribution >= 4 is 50.9 Å². The maximum atomic E-state index is 13.5. The Kier molecular flexibility index (Phi) is 10.0. The summed E-state index contributed by atoms with van der Waals surface area (Å²) >= 11 is 15.9. The second-order valence-corrected chi connectivity index (χ2v) is 10.1. The van der Waals surface area contributed by atoms with Gasteiger partial charge in [0.2, 0.25) is 5.91 Å². The first kappa shape index (κ1) is 27.1. The Hall–Kier alpha value is -2.54. The van der Waals surface area contributed by atoms with E-state index in [4.69, 9.17) is 27.9 Å². The van der Waals surface area contributed by atoms with Gasteiger partial charge in [0.05, 0.1) is 0 Å². The van der Waals surface area contributed by atoms with Crippen molar-refractivity contribution in [1.29, 1.82) is 0 Å². The topological polar surface area (TPSA) is 58.6 Å². The molecular weight excluding hydrogens is 551 g/mol. The Balaban J connectivity index is 1.93. The summed E-state index contributed by atoms with van der Waals surface area (Å²) in [5, 5.41) is 3.87. The number of rotatable bonds is 10. The lowest BCUT2D eigenvalue weighted by Gasteiger charge is -2.32. The molecule has 184 valence electrons. The zero-order valence-electron chi connectivity index (χ0n) is 19.5. The van der Waals surface area contributed by atoms with Crippen molar-refractivity contribution in [3.63, 3.8) is 0 Å². The van der Waals surface area contributed by atoms with Crippen LogP contribution in [0.2, 0.25) is 10.0 Å². The van der Waals surface area contributed by atoms with E-state index < -0.39 is 6.04 Å². The number of carbonyl (C=O) groups excluding carboxylic acids is 2. The Labute approximate surface area is 224 Å². The molecule has 0 aliphatic carbocycles. The lowest BCUT2D eigenvalue weighted by molar-refractivity contribution is -0.143. The van der Waals surface area contributed by atoms with Gasteiger partial charge in [-0.1, -0.05) is 75.5 Å². The summed E-state index contributed by atoms with van der Waals surface area (Å²) in [4.78, 5) is 28.4. The number of hydrogen-bond acceptors (Lipinski definition) is 3. The molecule has 0 spiro atoms. The van der Waals surface area contributed by atoms with Crippen molar-refractivity contribution in [1.82, 2.24) is 10.2 Å². The van der Waals surface area contributed by atoms with E-state index in [-0.39, 0.29) is 31.0 Å². The van der Waals surface area contributed by atoms with Crippen LogP contribution >= 0.6 is 39.1 Å². The summed E-state index contributed by atoms with van der Waals surface area (Å²) in [5.41, 5.74) is 1.62. The molecule has 3 aromatic rings. The van der Waals surface area contributed by atoms with Crippen molar-refractivity contribution in [3.8, 4) is 5.75 Å². The monoisotopic (exact) mass is 576 g/mol. The van der Waals surface area contributed by atoms with E-state index in [1.165, 1.54) is 4.90 Å². The third kappa shape index (κ3) is 8.27. The average Bonchev–Trinajstić information content (AvgIpc) is 2.82. The Morgan fingerprint density at radius 3 is 2.31 bits per heavy atom. The molecule has 0 aliphatic rings. The molecule has 0 saturated carbocycles. The van der Waals surface area contributed by atoms with Gasteiger partial charge in [-0.2, -0.15) is 0 Å². The fourth-order valence-electron chi connectivity index (χ4n) is 3.53. The minimum absolute atomic E-state index is 0.0872. The first-order valence-corrected chi connectivity index (χ1v) is 12.7. The van der Waals surface area contributed by atoms with E-state index >= 15 is 0 Å². The summed E-state index contributed by atoms with van der Waals surface area (Å²) in [6.45, 7) is 3.67. The Bertz CT molecular complexity index is 1140. The molecule has 0 aliphatic heterocycles. The van der Waals surface area contributed by atoms with Crippen LogP contribution in [0.3, 0.4) is 0 Å². The average molecular weight is 578 g/mol. The van der Waals surface area contributed by atoms with Crippen LogP contribution in [0, 0.1) is 0 Å². The van der Waals surface area contributed by atoms with E-state index in [0.717, 1.165) is 10.0 Å². The lowest BCUT2D eigenvalue weighted by atomic mass is 10.0. The number of nitrogens with zero attached hydrogens (tertiary/aromatic N) is 1. The molecule has 8 heteroatoms. The normalized spacial score (nSPS) is 11.7. The molecule has 0 bridgehead atoms. The third-order valence-corrected chi connectivity index (χ3v) is 6.35. The molecule has 0 radical (unpaired) electrons. The molecule has 0 aromatic heterocycles. The van der Waals surface area contributed by atoms with Crippen molar-refractivity contribution in [2.75, 3.05) is 6.61 Å². The Morgan fingerprint density at radius 2 is 1.69 bits per heavy atom. The highest BCUT2D eigenvalue weighted by atomic mass is 79.9. The summed E-state index contributed by atoms with van der Waals surface area (Å²) in [5.74, 6) is -0.0260. The van der Waals surface area contributed by atoms with Crippen LogP contribution in [0.25, 0.3) is 0 Å². The molecule has 1 unspecified atom stereocenters. The first-order valence-electron chi connectivity index (χ1n) is 11.2. The molecule has 2 amide bonds. The highest BCUT2D eigenvalue weighted by molar-refractivity contribution is 9.10. The molecule has 0 heterocycles. The van der Waals surface area contributed by atoms with Crippen LogP contribution in [0.1, 0.15) is 25.0 Å². The van der Waals surface area contributed by atoms with Gasteiger partial charge in [0.25, 0.3) is 5.91 Å². The van der Waals surface area contributed by atoms with Crippen LogP contribution in [0.4, 0.5) is 0 Å². The first-order chi connectivity index (χ1) is 16.7. The number of hydrogen-bond donors (Lipinski definition) is 1. The SMILES string of the molecule is CC(C)NC(=O)C(Cc1ccccc1)N(Cc1ccc(Cl)cc1Cl)C(=O)COc1ccc(Br)cc1. The van der Waals surface area contributed by atoms with Gasteiger partial charge in [0, 0.05) is 33.5 Å². The largest absolute Gasteiger partial charge is 0.484 e. The highest BCUT2D eigenvalue weighted by Gasteiger charge is 2.31. The predicted octanol–water partition coefficient (Wildman–Crippen LogP) is 6.30. The fraction of sp³-hybridized carbons (Fsp3) is 0.259. The quantitative estimate of drug-likeness (QED) is 0.308. The lowest BCUT2D eigenvalue weighted by Crippen LogP contribution is -2.52. The zero-order chi connectivity index (χ0) is 25.4. The summed E-state index contributed by atoms with van der Waals surface area (Å²) in [7, 11) is 0. The molecule has 5 nitrogen and oxygen atoms in total. The van der Waals surface area contributed by atoms with Crippen LogP contribution < -0.4 is 10.1 Å². The summed E-state index contributed by atoms with van der Waals surface area (Å²) < 4.78 is 6.66.